The lowest BCUT2D eigenvalue weighted by Crippen LogP contribution is -2.41. The van der Waals surface area contributed by atoms with Crippen LogP contribution in [0.1, 0.15) is 25.7 Å². The Kier molecular flexibility index (Phi) is 2.87. The molecule has 0 saturated carbocycles. The molecule has 3 heteroatoms. The van der Waals surface area contributed by atoms with E-state index in [1.54, 1.807) is 6.08 Å². The Morgan fingerprint density at radius 2 is 2.50 bits per heavy atom. The van der Waals surface area contributed by atoms with Gasteiger partial charge in [-0.05, 0) is 25.8 Å². The SMILES string of the molecule is C=CC[C@@]1(CC(=O)O)CCCN1. The average molecular weight is 169 g/mol. The van der Waals surface area contributed by atoms with Crippen molar-refractivity contribution < 1.29 is 9.90 Å². The average Bonchev–Trinajstić information content (AvgIpc) is 2.36. The van der Waals surface area contributed by atoms with E-state index in [-0.39, 0.29) is 12.0 Å². The van der Waals surface area contributed by atoms with Gasteiger partial charge >= 0.3 is 5.97 Å². The van der Waals surface area contributed by atoms with Crippen molar-refractivity contribution in [1.29, 1.82) is 0 Å². The summed E-state index contributed by atoms with van der Waals surface area (Å²) in [5.74, 6) is -0.730. The highest BCUT2D eigenvalue weighted by molar-refractivity contribution is 5.68. The van der Waals surface area contributed by atoms with E-state index in [1.807, 2.05) is 0 Å². The zero-order valence-electron chi connectivity index (χ0n) is 7.18. The zero-order valence-corrected chi connectivity index (χ0v) is 7.18. The summed E-state index contributed by atoms with van der Waals surface area (Å²) in [6.45, 7) is 4.58. The fourth-order valence-electron chi connectivity index (χ4n) is 1.83. The molecule has 0 aromatic rings. The number of hydrogen-bond acceptors (Lipinski definition) is 2. The first-order valence-electron chi connectivity index (χ1n) is 4.26. The van der Waals surface area contributed by atoms with Crippen molar-refractivity contribution in [3.8, 4) is 0 Å². The summed E-state index contributed by atoms with van der Waals surface area (Å²) in [5, 5.41) is 11.9. The highest BCUT2D eigenvalue weighted by Crippen LogP contribution is 2.26. The van der Waals surface area contributed by atoms with Crippen LogP contribution in [0.5, 0.6) is 0 Å². The van der Waals surface area contributed by atoms with Crippen LogP contribution >= 0.6 is 0 Å². The van der Waals surface area contributed by atoms with E-state index in [0.29, 0.717) is 0 Å². The minimum atomic E-state index is -0.730. The topological polar surface area (TPSA) is 49.3 Å². The van der Waals surface area contributed by atoms with Crippen molar-refractivity contribution in [2.75, 3.05) is 6.54 Å². The van der Waals surface area contributed by atoms with Crippen molar-refractivity contribution in [3.63, 3.8) is 0 Å². The first-order chi connectivity index (χ1) is 5.68. The van der Waals surface area contributed by atoms with Crippen LogP contribution in [-0.4, -0.2) is 23.2 Å². The van der Waals surface area contributed by atoms with Gasteiger partial charge in [-0.2, -0.15) is 0 Å². The molecule has 0 aromatic heterocycles. The fraction of sp³-hybridized carbons (Fsp3) is 0.667. The largest absolute Gasteiger partial charge is 0.481 e. The zero-order chi connectivity index (χ0) is 9.03. The molecule has 0 aromatic carbocycles. The molecule has 3 nitrogen and oxygen atoms in total. The molecule has 1 heterocycles. The standard InChI is InChI=1S/C9H15NO2/c1-2-4-9(7-8(11)12)5-3-6-10-9/h2,10H,1,3-7H2,(H,11,12)/t9-/m0/s1. The normalized spacial score (nSPS) is 28.7. The Morgan fingerprint density at radius 3 is 2.92 bits per heavy atom. The predicted molar refractivity (Wildman–Crippen MR) is 47.0 cm³/mol. The Labute approximate surface area is 72.5 Å². The number of carboxylic acids is 1. The highest BCUT2D eigenvalue weighted by atomic mass is 16.4. The van der Waals surface area contributed by atoms with Crippen molar-refractivity contribution >= 4 is 5.97 Å². The summed E-state index contributed by atoms with van der Waals surface area (Å²) in [4.78, 5) is 10.6. The maximum atomic E-state index is 10.6. The molecule has 1 fully saturated rings. The van der Waals surface area contributed by atoms with Gasteiger partial charge in [0, 0.05) is 5.54 Å². The number of rotatable bonds is 4. The number of aliphatic carboxylic acids is 1. The van der Waals surface area contributed by atoms with Crippen molar-refractivity contribution in [2.24, 2.45) is 0 Å². The van der Waals surface area contributed by atoms with E-state index in [1.165, 1.54) is 0 Å². The molecule has 12 heavy (non-hydrogen) atoms. The van der Waals surface area contributed by atoms with Crippen LogP contribution in [0.3, 0.4) is 0 Å². The number of nitrogens with one attached hydrogen (secondary N) is 1. The molecular weight excluding hydrogens is 154 g/mol. The van der Waals surface area contributed by atoms with Gasteiger partial charge in [-0.15, -0.1) is 6.58 Å². The maximum absolute atomic E-state index is 10.6. The van der Waals surface area contributed by atoms with Crippen LogP contribution in [0.4, 0.5) is 0 Å². The van der Waals surface area contributed by atoms with Crippen LogP contribution in [0.25, 0.3) is 0 Å². The Balaban J connectivity index is 2.57. The van der Waals surface area contributed by atoms with Crippen LogP contribution in [0, 0.1) is 0 Å². The third-order valence-electron chi connectivity index (χ3n) is 2.36. The summed E-state index contributed by atoms with van der Waals surface area (Å²) < 4.78 is 0. The van der Waals surface area contributed by atoms with Gasteiger partial charge in [-0.3, -0.25) is 4.79 Å². The number of carboxylic acid groups (broad SMARTS) is 1. The molecule has 1 rings (SSSR count). The molecule has 1 aliphatic rings. The third kappa shape index (κ3) is 2.08. The first-order valence-corrected chi connectivity index (χ1v) is 4.26. The van der Waals surface area contributed by atoms with Gasteiger partial charge in [0.25, 0.3) is 0 Å². The summed E-state index contributed by atoms with van der Waals surface area (Å²) in [6.07, 6.45) is 4.77. The first kappa shape index (κ1) is 9.26. The molecule has 1 saturated heterocycles. The van der Waals surface area contributed by atoms with Gasteiger partial charge in [0.1, 0.15) is 0 Å². The summed E-state index contributed by atoms with van der Waals surface area (Å²) in [5.41, 5.74) is -0.201. The minimum absolute atomic E-state index is 0.201. The highest BCUT2D eigenvalue weighted by Gasteiger charge is 2.34. The van der Waals surface area contributed by atoms with Gasteiger partial charge in [0.2, 0.25) is 0 Å². The van der Waals surface area contributed by atoms with Crippen LogP contribution in [0.15, 0.2) is 12.7 Å². The lowest BCUT2D eigenvalue weighted by atomic mass is 9.90. The maximum Gasteiger partial charge on any atom is 0.305 e. The molecule has 0 aliphatic carbocycles. The second-order valence-electron chi connectivity index (χ2n) is 3.37. The van der Waals surface area contributed by atoms with Crippen LogP contribution < -0.4 is 5.32 Å². The molecule has 0 amide bonds. The summed E-state index contributed by atoms with van der Waals surface area (Å²) in [7, 11) is 0. The molecule has 0 unspecified atom stereocenters. The van der Waals surface area contributed by atoms with E-state index in [2.05, 4.69) is 11.9 Å². The van der Waals surface area contributed by atoms with Gasteiger partial charge in [-0.25, -0.2) is 0 Å². The van der Waals surface area contributed by atoms with E-state index in [0.717, 1.165) is 25.8 Å². The Morgan fingerprint density at radius 1 is 1.75 bits per heavy atom. The van der Waals surface area contributed by atoms with E-state index < -0.39 is 5.97 Å². The van der Waals surface area contributed by atoms with Crippen LogP contribution in [-0.2, 0) is 4.79 Å². The van der Waals surface area contributed by atoms with Gasteiger partial charge in [0.05, 0.1) is 6.42 Å². The molecule has 0 radical (unpaired) electrons. The van der Waals surface area contributed by atoms with Gasteiger partial charge in [-0.1, -0.05) is 6.08 Å². The van der Waals surface area contributed by atoms with E-state index in [4.69, 9.17) is 5.11 Å². The third-order valence-corrected chi connectivity index (χ3v) is 2.36. The Hall–Kier alpha value is -0.830. The number of carbonyl (C=O) groups is 1. The second kappa shape index (κ2) is 3.72. The molecule has 0 spiro atoms. The van der Waals surface area contributed by atoms with Gasteiger partial charge in [0.15, 0.2) is 0 Å². The molecule has 2 N–H and O–H groups in total. The van der Waals surface area contributed by atoms with Gasteiger partial charge < -0.3 is 10.4 Å². The van der Waals surface area contributed by atoms with Crippen molar-refractivity contribution in [3.05, 3.63) is 12.7 Å². The summed E-state index contributed by atoms with van der Waals surface area (Å²) in [6, 6.07) is 0. The predicted octanol–water partition coefficient (Wildman–Crippen LogP) is 1.16. The minimum Gasteiger partial charge on any atom is -0.481 e. The van der Waals surface area contributed by atoms with Crippen molar-refractivity contribution in [2.45, 2.75) is 31.2 Å². The fourth-order valence-corrected chi connectivity index (χ4v) is 1.83. The summed E-state index contributed by atoms with van der Waals surface area (Å²) >= 11 is 0. The van der Waals surface area contributed by atoms with Crippen LogP contribution in [0.2, 0.25) is 0 Å². The number of hydrogen-bond donors (Lipinski definition) is 2. The lowest BCUT2D eigenvalue weighted by molar-refractivity contribution is -0.138. The lowest BCUT2D eigenvalue weighted by Gasteiger charge is -2.25. The smallest absolute Gasteiger partial charge is 0.305 e. The molecule has 0 bridgehead atoms. The monoisotopic (exact) mass is 169 g/mol. The quantitative estimate of drug-likeness (QED) is 0.621. The Bertz CT molecular complexity index is 183. The van der Waals surface area contributed by atoms with E-state index in [9.17, 15) is 4.79 Å². The second-order valence-corrected chi connectivity index (χ2v) is 3.37. The molecule has 1 aliphatic heterocycles. The molecule has 68 valence electrons. The van der Waals surface area contributed by atoms with Crippen molar-refractivity contribution in [1.82, 2.24) is 5.32 Å². The molecule has 1 atom stereocenters. The van der Waals surface area contributed by atoms with E-state index >= 15 is 0 Å². The molecular formula is C9H15NO2.